The number of aliphatic imine (C=N–C) groups is 1. The van der Waals surface area contributed by atoms with Gasteiger partial charge in [-0.05, 0) is 29.2 Å². The van der Waals surface area contributed by atoms with Gasteiger partial charge in [0.1, 0.15) is 0 Å². The summed E-state index contributed by atoms with van der Waals surface area (Å²) in [7, 11) is 1.77. The highest BCUT2D eigenvalue weighted by Gasteiger charge is 2.05. The average molecular weight is 393 g/mol. The molecule has 0 saturated heterocycles. The molecule has 0 radical (unpaired) electrons. The molecule has 3 aromatic rings. The van der Waals surface area contributed by atoms with Crippen LogP contribution in [-0.2, 0) is 19.6 Å². The van der Waals surface area contributed by atoms with E-state index in [1.807, 2.05) is 41.3 Å². The van der Waals surface area contributed by atoms with E-state index in [9.17, 15) is 0 Å². The van der Waals surface area contributed by atoms with Crippen molar-refractivity contribution in [1.29, 1.82) is 0 Å². The van der Waals surface area contributed by atoms with Gasteiger partial charge in [0.25, 0.3) is 0 Å². The van der Waals surface area contributed by atoms with Crippen molar-refractivity contribution in [3.63, 3.8) is 0 Å². The van der Waals surface area contributed by atoms with Gasteiger partial charge in [-0.1, -0.05) is 37.3 Å². The maximum absolute atomic E-state index is 5.52. The maximum atomic E-state index is 5.52. The van der Waals surface area contributed by atoms with Crippen LogP contribution in [0.3, 0.4) is 0 Å². The van der Waals surface area contributed by atoms with Crippen molar-refractivity contribution >= 4 is 5.96 Å². The standard InChI is InChI=1S/C22H28N6O/c1-3-13-29-21-10-9-18(14-24-21)15-25-22(23-2)26-16-19-7-4-5-8-20(19)17-28-12-6-11-27-28/h4-12,14H,3,13,15-17H2,1-2H3,(H2,23,25,26). The van der Waals surface area contributed by atoms with Crippen LogP contribution in [0.4, 0.5) is 0 Å². The van der Waals surface area contributed by atoms with Gasteiger partial charge >= 0.3 is 0 Å². The van der Waals surface area contributed by atoms with Gasteiger partial charge in [-0.25, -0.2) is 4.98 Å². The average Bonchev–Trinajstić information content (AvgIpc) is 3.27. The molecule has 0 aliphatic carbocycles. The molecule has 0 unspecified atom stereocenters. The number of nitrogens with zero attached hydrogens (tertiary/aromatic N) is 4. The zero-order valence-electron chi connectivity index (χ0n) is 17.0. The Balaban J connectivity index is 1.52. The first-order valence-corrected chi connectivity index (χ1v) is 9.85. The second-order valence-corrected chi connectivity index (χ2v) is 6.60. The van der Waals surface area contributed by atoms with Crippen molar-refractivity contribution in [2.45, 2.75) is 33.0 Å². The van der Waals surface area contributed by atoms with E-state index in [1.165, 1.54) is 11.1 Å². The molecule has 0 saturated carbocycles. The van der Waals surface area contributed by atoms with Crippen LogP contribution in [0.25, 0.3) is 0 Å². The number of nitrogens with one attached hydrogen (secondary N) is 2. The Morgan fingerprint density at radius 3 is 2.59 bits per heavy atom. The molecule has 3 rings (SSSR count). The molecule has 0 aliphatic heterocycles. The van der Waals surface area contributed by atoms with E-state index in [1.54, 1.807) is 13.2 Å². The first-order valence-electron chi connectivity index (χ1n) is 9.85. The van der Waals surface area contributed by atoms with Crippen LogP contribution >= 0.6 is 0 Å². The summed E-state index contributed by atoms with van der Waals surface area (Å²) in [5.74, 6) is 1.40. The van der Waals surface area contributed by atoms with Crippen LogP contribution in [-0.4, -0.2) is 34.4 Å². The molecule has 7 nitrogen and oxygen atoms in total. The summed E-state index contributed by atoms with van der Waals surface area (Å²) in [6, 6.07) is 14.2. The van der Waals surface area contributed by atoms with Crippen molar-refractivity contribution in [3.8, 4) is 5.88 Å². The van der Waals surface area contributed by atoms with Crippen LogP contribution in [0.15, 0.2) is 66.0 Å². The van der Waals surface area contributed by atoms with E-state index in [-0.39, 0.29) is 0 Å². The fourth-order valence-corrected chi connectivity index (χ4v) is 2.85. The fourth-order valence-electron chi connectivity index (χ4n) is 2.85. The highest BCUT2D eigenvalue weighted by Crippen LogP contribution is 2.10. The topological polar surface area (TPSA) is 76.4 Å². The lowest BCUT2D eigenvalue weighted by molar-refractivity contribution is 0.305. The van der Waals surface area contributed by atoms with Crippen LogP contribution in [0.1, 0.15) is 30.0 Å². The van der Waals surface area contributed by atoms with Crippen molar-refractivity contribution in [1.82, 2.24) is 25.4 Å². The molecular formula is C22H28N6O. The number of hydrogen-bond donors (Lipinski definition) is 2. The van der Waals surface area contributed by atoms with Crippen LogP contribution in [0.2, 0.25) is 0 Å². The van der Waals surface area contributed by atoms with Gasteiger partial charge in [0, 0.05) is 44.8 Å². The second kappa shape index (κ2) is 10.8. The molecule has 0 atom stereocenters. The van der Waals surface area contributed by atoms with Gasteiger partial charge < -0.3 is 15.4 Å². The minimum atomic E-state index is 0.635. The summed E-state index contributed by atoms with van der Waals surface area (Å²) in [6.45, 7) is 4.82. The minimum Gasteiger partial charge on any atom is -0.478 e. The summed E-state index contributed by atoms with van der Waals surface area (Å²) < 4.78 is 7.44. The smallest absolute Gasteiger partial charge is 0.213 e. The first-order chi connectivity index (χ1) is 14.3. The van der Waals surface area contributed by atoms with Crippen molar-refractivity contribution < 1.29 is 4.74 Å². The summed E-state index contributed by atoms with van der Waals surface area (Å²) in [5.41, 5.74) is 3.51. The lowest BCUT2D eigenvalue weighted by atomic mass is 10.1. The minimum absolute atomic E-state index is 0.635. The normalized spacial score (nSPS) is 11.3. The fraction of sp³-hybridized carbons (Fsp3) is 0.318. The van der Waals surface area contributed by atoms with Crippen LogP contribution < -0.4 is 15.4 Å². The van der Waals surface area contributed by atoms with E-state index in [0.717, 1.165) is 24.5 Å². The van der Waals surface area contributed by atoms with Crippen LogP contribution in [0.5, 0.6) is 5.88 Å². The van der Waals surface area contributed by atoms with E-state index in [2.05, 4.69) is 50.8 Å². The molecule has 0 aliphatic rings. The van der Waals surface area contributed by atoms with E-state index in [0.29, 0.717) is 25.6 Å². The SMILES string of the molecule is CCCOc1ccc(CNC(=NC)NCc2ccccc2Cn2cccn2)cn1. The molecule has 0 bridgehead atoms. The second-order valence-electron chi connectivity index (χ2n) is 6.60. The lowest BCUT2D eigenvalue weighted by Gasteiger charge is -2.14. The highest BCUT2D eigenvalue weighted by molar-refractivity contribution is 5.79. The van der Waals surface area contributed by atoms with Crippen LogP contribution in [0, 0.1) is 0 Å². The number of benzene rings is 1. The van der Waals surface area contributed by atoms with E-state index < -0.39 is 0 Å². The molecule has 29 heavy (non-hydrogen) atoms. The van der Waals surface area contributed by atoms with E-state index in [4.69, 9.17) is 4.74 Å². The lowest BCUT2D eigenvalue weighted by Crippen LogP contribution is -2.36. The molecule has 7 heteroatoms. The molecule has 0 spiro atoms. The molecular weight excluding hydrogens is 364 g/mol. The van der Waals surface area contributed by atoms with Gasteiger partial charge in [0.2, 0.25) is 5.88 Å². The Hall–Kier alpha value is -3.35. The van der Waals surface area contributed by atoms with Gasteiger partial charge in [-0.15, -0.1) is 0 Å². The Morgan fingerprint density at radius 2 is 1.90 bits per heavy atom. The molecule has 2 N–H and O–H groups in total. The summed E-state index contributed by atoms with van der Waals surface area (Å²) in [4.78, 5) is 8.64. The third-order valence-corrected chi connectivity index (χ3v) is 4.39. The van der Waals surface area contributed by atoms with Crippen molar-refractivity contribution in [2.24, 2.45) is 4.99 Å². The Kier molecular flexibility index (Phi) is 7.63. The molecule has 152 valence electrons. The zero-order valence-corrected chi connectivity index (χ0v) is 17.0. The van der Waals surface area contributed by atoms with Crippen molar-refractivity contribution in [3.05, 3.63) is 77.7 Å². The Bertz CT molecular complexity index is 890. The first kappa shape index (κ1) is 20.4. The summed E-state index contributed by atoms with van der Waals surface area (Å²) in [6.07, 6.45) is 6.56. The zero-order chi connectivity index (χ0) is 20.3. The number of hydrogen-bond acceptors (Lipinski definition) is 4. The highest BCUT2D eigenvalue weighted by atomic mass is 16.5. The van der Waals surface area contributed by atoms with Gasteiger partial charge in [0.15, 0.2) is 5.96 Å². The number of guanidine groups is 1. The monoisotopic (exact) mass is 392 g/mol. The molecule has 2 heterocycles. The molecule has 1 aromatic carbocycles. The quantitative estimate of drug-likeness (QED) is 0.432. The summed E-state index contributed by atoms with van der Waals surface area (Å²) in [5, 5.41) is 11.0. The number of ether oxygens (including phenoxy) is 1. The third-order valence-electron chi connectivity index (χ3n) is 4.39. The summed E-state index contributed by atoms with van der Waals surface area (Å²) >= 11 is 0. The Labute approximate surface area is 171 Å². The van der Waals surface area contributed by atoms with Gasteiger partial charge in [0.05, 0.1) is 13.2 Å². The van der Waals surface area contributed by atoms with Gasteiger partial charge in [-0.3, -0.25) is 9.67 Å². The number of rotatable bonds is 9. The maximum Gasteiger partial charge on any atom is 0.213 e. The molecule has 0 fully saturated rings. The van der Waals surface area contributed by atoms with Gasteiger partial charge in [-0.2, -0.15) is 5.10 Å². The predicted molar refractivity (Wildman–Crippen MR) is 115 cm³/mol. The van der Waals surface area contributed by atoms with Crippen molar-refractivity contribution in [2.75, 3.05) is 13.7 Å². The predicted octanol–water partition coefficient (Wildman–Crippen LogP) is 2.98. The largest absolute Gasteiger partial charge is 0.478 e. The number of pyridine rings is 1. The Morgan fingerprint density at radius 1 is 1.07 bits per heavy atom. The number of aromatic nitrogens is 3. The van der Waals surface area contributed by atoms with E-state index >= 15 is 0 Å². The molecule has 0 amide bonds. The molecule has 2 aromatic heterocycles. The third kappa shape index (κ3) is 6.34.